The van der Waals surface area contributed by atoms with E-state index in [1.165, 1.54) is 6.20 Å². The molecule has 0 spiro atoms. The van der Waals surface area contributed by atoms with Gasteiger partial charge in [-0.2, -0.15) is 4.98 Å². The lowest BCUT2D eigenvalue weighted by Crippen LogP contribution is -2.35. The third-order valence-corrected chi connectivity index (χ3v) is 2.92. The number of nitrogens with two attached hydrogens (primary N) is 1. The molecule has 1 aromatic heterocycles. The van der Waals surface area contributed by atoms with E-state index >= 15 is 0 Å². The molecule has 1 amide bonds. The summed E-state index contributed by atoms with van der Waals surface area (Å²) < 4.78 is 0. The number of nitrogens with zero attached hydrogens (tertiary/aromatic N) is 4. The fourth-order valence-electron chi connectivity index (χ4n) is 1.78. The molecule has 0 aromatic carbocycles. The van der Waals surface area contributed by atoms with Gasteiger partial charge in [-0.25, -0.2) is 4.98 Å². The second kappa shape index (κ2) is 4.75. The Balaban J connectivity index is 2.26. The van der Waals surface area contributed by atoms with Crippen molar-refractivity contribution in [2.24, 2.45) is 0 Å². The second-order valence-corrected chi connectivity index (χ2v) is 4.35. The van der Waals surface area contributed by atoms with E-state index < -0.39 is 0 Å². The molecular weight excluding hydrogens is 242 g/mol. The molecule has 1 fully saturated rings. The Morgan fingerprint density at radius 1 is 1.47 bits per heavy atom. The topological polar surface area (TPSA) is 75.3 Å². The summed E-state index contributed by atoms with van der Waals surface area (Å²) in [6.07, 6.45) is 2.34. The molecule has 0 aliphatic carbocycles. The summed E-state index contributed by atoms with van der Waals surface area (Å²) in [4.78, 5) is 23.2. The monoisotopic (exact) mass is 255 g/mol. The first-order chi connectivity index (χ1) is 8.08. The zero-order chi connectivity index (χ0) is 12.4. The van der Waals surface area contributed by atoms with Crippen LogP contribution in [-0.4, -0.2) is 47.5 Å². The molecular formula is C10H14ClN5O. The highest BCUT2D eigenvalue weighted by molar-refractivity contribution is 6.28. The van der Waals surface area contributed by atoms with E-state index in [0.29, 0.717) is 11.5 Å². The highest BCUT2D eigenvalue weighted by Crippen LogP contribution is 2.22. The van der Waals surface area contributed by atoms with Gasteiger partial charge < -0.3 is 15.5 Å². The number of likely N-dealkylation sites (N-methyl/N-ethyl adjacent to an activating group) is 1. The summed E-state index contributed by atoms with van der Waals surface area (Å²) in [5.41, 5.74) is 6.24. The van der Waals surface area contributed by atoms with Crippen molar-refractivity contribution in [1.82, 2.24) is 14.9 Å². The van der Waals surface area contributed by atoms with E-state index in [9.17, 15) is 4.79 Å². The maximum Gasteiger partial charge on any atom is 0.241 e. The van der Waals surface area contributed by atoms with E-state index in [2.05, 4.69) is 9.97 Å². The van der Waals surface area contributed by atoms with Gasteiger partial charge in [0.15, 0.2) is 5.82 Å². The molecule has 7 heteroatoms. The molecule has 2 rings (SSSR count). The minimum atomic E-state index is 0.0524. The average molecular weight is 256 g/mol. The summed E-state index contributed by atoms with van der Waals surface area (Å²) in [7, 11) is 1.79. The molecule has 1 aromatic rings. The number of hydrogen-bond donors (Lipinski definition) is 1. The van der Waals surface area contributed by atoms with Crippen molar-refractivity contribution in [3.63, 3.8) is 0 Å². The number of rotatable bonds is 1. The molecule has 0 bridgehead atoms. The van der Waals surface area contributed by atoms with Gasteiger partial charge in [0.2, 0.25) is 11.2 Å². The van der Waals surface area contributed by atoms with Crippen LogP contribution >= 0.6 is 11.6 Å². The second-order valence-electron chi connectivity index (χ2n) is 4.01. The summed E-state index contributed by atoms with van der Waals surface area (Å²) in [6.45, 7) is 1.75. The summed E-state index contributed by atoms with van der Waals surface area (Å²) in [6, 6.07) is 0. The van der Waals surface area contributed by atoms with Crippen molar-refractivity contribution in [1.29, 1.82) is 0 Å². The highest BCUT2D eigenvalue weighted by Gasteiger charge is 2.21. The molecule has 1 saturated heterocycles. The fourth-order valence-corrected chi connectivity index (χ4v) is 1.91. The van der Waals surface area contributed by atoms with Gasteiger partial charge in [-0.1, -0.05) is 0 Å². The van der Waals surface area contributed by atoms with Crippen LogP contribution in [0.25, 0.3) is 0 Å². The van der Waals surface area contributed by atoms with Crippen molar-refractivity contribution in [3.8, 4) is 0 Å². The third-order valence-electron chi connectivity index (χ3n) is 2.74. The van der Waals surface area contributed by atoms with Crippen LogP contribution in [0.4, 0.5) is 11.5 Å². The largest absolute Gasteiger partial charge is 0.394 e. The van der Waals surface area contributed by atoms with Crippen molar-refractivity contribution in [2.75, 3.05) is 37.3 Å². The van der Waals surface area contributed by atoms with Crippen LogP contribution in [0.3, 0.4) is 0 Å². The molecule has 0 radical (unpaired) electrons. The Labute approximate surface area is 104 Å². The van der Waals surface area contributed by atoms with Gasteiger partial charge in [-0.3, -0.25) is 4.79 Å². The summed E-state index contributed by atoms with van der Waals surface area (Å²) in [5.74, 6) is 0.588. The lowest BCUT2D eigenvalue weighted by Gasteiger charge is -2.21. The number of carbonyl (C=O) groups excluding carboxylic acids is 1. The predicted molar refractivity (Wildman–Crippen MR) is 65.9 cm³/mol. The number of aromatic nitrogens is 2. The molecule has 6 nitrogen and oxygen atoms in total. The standard InChI is InChI=1S/C10H14ClN5O/c1-15-3-2-4-16(6-8(15)17)9-7(12)5-13-10(11)14-9/h5H,2-4,6,12H2,1H3. The first kappa shape index (κ1) is 11.9. The van der Waals surface area contributed by atoms with Crippen LogP contribution in [0, 0.1) is 0 Å². The molecule has 0 unspecified atom stereocenters. The van der Waals surface area contributed by atoms with Gasteiger partial charge in [0, 0.05) is 20.1 Å². The highest BCUT2D eigenvalue weighted by atomic mass is 35.5. The Bertz CT molecular complexity index is 439. The molecule has 92 valence electrons. The number of anilines is 2. The zero-order valence-electron chi connectivity index (χ0n) is 9.56. The Morgan fingerprint density at radius 3 is 3.00 bits per heavy atom. The van der Waals surface area contributed by atoms with Gasteiger partial charge in [0.25, 0.3) is 0 Å². The van der Waals surface area contributed by atoms with Crippen molar-refractivity contribution < 1.29 is 4.79 Å². The minimum absolute atomic E-state index is 0.0524. The number of halogens is 1. The van der Waals surface area contributed by atoms with Gasteiger partial charge in [-0.15, -0.1) is 0 Å². The van der Waals surface area contributed by atoms with E-state index in [1.807, 2.05) is 4.90 Å². The number of amides is 1. The first-order valence-corrected chi connectivity index (χ1v) is 5.72. The van der Waals surface area contributed by atoms with Crippen molar-refractivity contribution in [3.05, 3.63) is 11.5 Å². The minimum Gasteiger partial charge on any atom is -0.394 e. The van der Waals surface area contributed by atoms with Gasteiger partial charge in [0.05, 0.1) is 18.4 Å². The van der Waals surface area contributed by atoms with E-state index in [4.69, 9.17) is 17.3 Å². The zero-order valence-corrected chi connectivity index (χ0v) is 10.3. The molecule has 1 aliphatic rings. The lowest BCUT2D eigenvalue weighted by molar-refractivity contribution is -0.127. The van der Waals surface area contributed by atoms with E-state index in [-0.39, 0.29) is 17.7 Å². The molecule has 17 heavy (non-hydrogen) atoms. The Morgan fingerprint density at radius 2 is 2.24 bits per heavy atom. The van der Waals surface area contributed by atoms with Crippen molar-refractivity contribution >= 4 is 29.0 Å². The quantitative estimate of drug-likeness (QED) is 0.735. The predicted octanol–water partition coefficient (Wildman–Crippen LogP) is 0.381. The maximum absolute atomic E-state index is 11.8. The normalized spacial score (nSPS) is 17.2. The van der Waals surface area contributed by atoms with Crippen LogP contribution in [-0.2, 0) is 4.79 Å². The Kier molecular flexibility index (Phi) is 3.33. The van der Waals surface area contributed by atoms with Gasteiger partial charge >= 0.3 is 0 Å². The summed E-state index contributed by atoms with van der Waals surface area (Å²) in [5, 5.41) is 0.138. The number of carbonyl (C=O) groups is 1. The SMILES string of the molecule is CN1CCCN(c2nc(Cl)ncc2N)CC1=O. The van der Waals surface area contributed by atoms with E-state index in [0.717, 1.165) is 19.5 Å². The third kappa shape index (κ3) is 2.58. The van der Waals surface area contributed by atoms with Crippen LogP contribution in [0.15, 0.2) is 6.20 Å². The van der Waals surface area contributed by atoms with Gasteiger partial charge in [-0.05, 0) is 18.0 Å². The van der Waals surface area contributed by atoms with Gasteiger partial charge in [0.1, 0.15) is 0 Å². The summed E-state index contributed by atoms with van der Waals surface area (Å²) >= 11 is 5.74. The fraction of sp³-hybridized carbons (Fsp3) is 0.500. The van der Waals surface area contributed by atoms with Crippen LogP contribution < -0.4 is 10.6 Å². The van der Waals surface area contributed by atoms with E-state index in [1.54, 1.807) is 11.9 Å². The molecule has 0 atom stereocenters. The number of nitrogen functional groups attached to an aromatic ring is 1. The average Bonchev–Trinajstić information content (AvgIpc) is 2.45. The first-order valence-electron chi connectivity index (χ1n) is 5.35. The van der Waals surface area contributed by atoms with Crippen LogP contribution in [0.2, 0.25) is 5.28 Å². The molecule has 1 aliphatic heterocycles. The lowest BCUT2D eigenvalue weighted by atomic mass is 10.3. The van der Waals surface area contributed by atoms with Crippen LogP contribution in [0.1, 0.15) is 6.42 Å². The van der Waals surface area contributed by atoms with Crippen LogP contribution in [0.5, 0.6) is 0 Å². The molecule has 0 saturated carbocycles. The van der Waals surface area contributed by atoms with Crippen molar-refractivity contribution in [2.45, 2.75) is 6.42 Å². The smallest absolute Gasteiger partial charge is 0.241 e. The number of hydrogen-bond acceptors (Lipinski definition) is 5. The molecule has 2 heterocycles. The maximum atomic E-state index is 11.8. The Hall–Kier alpha value is -1.56. The molecule has 2 N–H and O–H groups in total.